The minimum atomic E-state index is -4.56. The van der Waals surface area contributed by atoms with E-state index in [-0.39, 0.29) is 47.5 Å². The number of benzene rings is 6. The summed E-state index contributed by atoms with van der Waals surface area (Å²) < 4.78 is 69.4. The smallest absolute Gasteiger partial charge is 0.744 e. The standard InChI is InChI=1S/2C16H12O3S.Ca/c2*1-2-11-7-9-14-13-6-4-3-5-12(13)8-10-15(14)16(11)20(17,18)19;/h2*2-10H,1H2,(H,17,18,19);/q;;+2/p-2. The summed E-state index contributed by atoms with van der Waals surface area (Å²) in [6, 6.07) is 29.2. The van der Waals surface area contributed by atoms with Crippen molar-refractivity contribution in [2.24, 2.45) is 0 Å². The van der Waals surface area contributed by atoms with E-state index in [0.29, 0.717) is 21.9 Å². The van der Waals surface area contributed by atoms with Crippen molar-refractivity contribution >= 4 is 113 Å². The van der Waals surface area contributed by atoms with E-state index in [0.717, 1.165) is 32.3 Å². The van der Waals surface area contributed by atoms with Crippen molar-refractivity contribution in [3.05, 3.63) is 121 Å². The van der Waals surface area contributed by atoms with Crippen LogP contribution in [0.3, 0.4) is 0 Å². The number of rotatable bonds is 4. The quantitative estimate of drug-likeness (QED) is 0.125. The van der Waals surface area contributed by atoms with Gasteiger partial charge in [-0.1, -0.05) is 122 Å². The van der Waals surface area contributed by atoms with Gasteiger partial charge in [0, 0.05) is 10.8 Å². The van der Waals surface area contributed by atoms with Gasteiger partial charge in [0.15, 0.2) is 0 Å². The molecule has 41 heavy (non-hydrogen) atoms. The van der Waals surface area contributed by atoms with Crippen LogP contribution in [-0.2, 0) is 20.2 Å². The van der Waals surface area contributed by atoms with Gasteiger partial charge in [-0.25, -0.2) is 16.8 Å². The van der Waals surface area contributed by atoms with Gasteiger partial charge in [-0.15, -0.1) is 0 Å². The van der Waals surface area contributed by atoms with Crippen molar-refractivity contribution in [2.45, 2.75) is 9.79 Å². The molecule has 0 aliphatic carbocycles. The van der Waals surface area contributed by atoms with Crippen molar-refractivity contribution < 1.29 is 25.9 Å². The first-order valence-electron chi connectivity index (χ1n) is 12.1. The minimum absolute atomic E-state index is 0. The van der Waals surface area contributed by atoms with Crippen molar-refractivity contribution in [2.75, 3.05) is 0 Å². The van der Waals surface area contributed by atoms with Crippen LogP contribution in [0.5, 0.6) is 0 Å². The van der Waals surface area contributed by atoms with Gasteiger partial charge >= 0.3 is 37.7 Å². The predicted octanol–water partition coefficient (Wildman–Crippen LogP) is 6.70. The van der Waals surface area contributed by atoms with Gasteiger partial charge in [0.05, 0.1) is 9.79 Å². The van der Waals surface area contributed by atoms with Crippen LogP contribution in [-0.4, -0.2) is 63.7 Å². The van der Waals surface area contributed by atoms with E-state index < -0.39 is 20.2 Å². The van der Waals surface area contributed by atoms with Gasteiger partial charge in [-0.05, 0) is 43.4 Å². The van der Waals surface area contributed by atoms with Gasteiger partial charge < -0.3 is 9.11 Å². The zero-order valence-corrected chi connectivity index (χ0v) is 25.6. The molecule has 6 nitrogen and oxygen atoms in total. The van der Waals surface area contributed by atoms with E-state index in [2.05, 4.69) is 13.2 Å². The monoisotopic (exact) mass is 606 g/mol. The summed E-state index contributed by atoms with van der Waals surface area (Å²) in [5.74, 6) is 0. The van der Waals surface area contributed by atoms with Crippen LogP contribution < -0.4 is 0 Å². The van der Waals surface area contributed by atoms with Gasteiger partial charge in [0.25, 0.3) is 0 Å². The summed E-state index contributed by atoms with van der Waals surface area (Å²) in [7, 11) is -9.12. The first-order chi connectivity index (χ1) is 19.0. The minimum Gasteiger partial charge on any atom is -0.744 e. The van der Waals surface area contributed by atoms with E-state index in [1.807, 2.05) is 72.8 Å². The van der Waals surface area contributed by atoms with Crippen molar-refractivity contribution in [1.82, 2.24) is 0 Å². The molecular weight excluding hydrogens is 585 g/mol. The maximum atomic E-state index is 11.6. The molecule has 0 aromatic heterocycles. The Hall–Kier alpha value is -3.08. The average Bonchev–Trinajstić information content (AvgIpc) is 2.94. The van der Waals surface area contributed by atoms with E-state index in [1.54, 1.807) is 24.3 Å². The van der Waals surface area contributed by atoms with Gasteiger partial charge in [-0.3, -0.25) is 0 Å². The maximum absolute atomic E-state index is 11.6. The second-order valence-electron chi connectivity index (χ2n) is 9.05. The van der Waals surface area contributed by atoms with Crippen molar-refractivity contribution in [3.63, 3.8) is 0 Å². The van der Waals surface area contributed by atoms with Crippen molar-refractivity contribution in [3.8, 4) is 0 Å². The Balaban J connectivity index is 0.000000184. The fraction of sp³-hybridized carbons (Fsp3) is 0. The zero-order valence-electron chi connectivity index (χ0n) is 21.8. The summed E-state index contributed by atoms with van der Waals surface area (Å²) in [5, 5.41) is 6.23. The first kappa shape index (κ1) is 30.9. The van der Waals surface area contributed by atoms with Gasteiger partial charge in [-0.2, -0.15) is 0 Å². The molecule has 0 fully saturated rings. The topological polar surface area (TPSA) is 114 Å². The van der Waals surface area contributed by atoms with Gasteiger partial charge in [0.1, 0.15) is 20.2 Å². The molecule has 6 aromatic carbocycles. The third-order valence-corrected chi connectivity index (χ3v) is 8.67. The molecule has 6 aromatic rings. The Morgan fingerprint density at radius 3 is 1.15 bits per heavy atom. The SMILES string of the molecule is C=Cc1ccc2c(ccc3ccccc32)c1S(=O)(=O)[O-].C=Cc1ccc2c(ccc3ccccc32)c1S(=O)(=O)[O-].[Ca+2]. The third-order valence-electron chi connectivity index (χ3n) is 6.75. The Bertz CT molecular complexity index is 2050. The van der Waals surface area contributed by atoms with Crippen LogP contribution in [0.2, 0.25) is 0 Å². The molecule has 6 rings (SSSR count). The average molecular weight is 607 g/mol. The molecule has 0 aliphatic heterocycles. The summed E-state index contributed by atoms with van der Waals surface area (Å²) in [4.78, 5) is -0.397. The van der Waals surface area contributed by atoms with Crippen LogP contribution in [0.4, 0.5) is 0 Å². The summed E-state index contributed by atoms with van der Waals surface area (Å²) in [6.45, 7) is 7.14. The third kappa shape index (κ3) is 5.96. The summed E-state index contributed by atoms with van der Waals surface area (Å²) in [6.07, 6.45) is 2.78. The van der Waals surface area contributed by atoms with Gasteiger partial charge in [0.2, 0.25) is 0 Å². The molecule has 200 valence electrons. The number of fused-ring (bicyclic) bond motifs is 6. The molecule has 0 aliphatic rings. The molecule has 0 radical (unpaired) electrons. The molecule has 0 saturated heterocycles. The van der Waals surface area contributed by atoms with E-state index in [9.17, 15) is 25.9 Å². The molecular formula is C32H22CaO6S2. The normalized spacial score (nSPS) is 11.6. The zero-order chi connectivity index (χ0) is 28.7. The Kier molecular flexibility index (Phi) is 9.06. The Labute approximate surface area is 268 Å². The van der Waals surface area contributed by atoms with Crippen LogP contribution >= 0.6 is 0 Å². The maximum Gasteiger partial charge on any atom is 2.00 e. The molecule has 0 N–H and O–H groups in total. The largest absolute Gasteiger partial charge is 2.00 e. The van der Waals surface area contributed by atoms with Crippen LogP contribution in [0.1, 0.15) is 11.1 Å². The molecule has 0 heterocycles. The molecule has 0 amide bonds. The van der Waals surface area contributed by atoms with E-state index in [4.69, 9.17) is 0 Å². The van der Waals surface area contributed by atoms with Crippen molar-refractivity contribution in [1.29, 1.82) is 0 Å². The molecule has 0 bridgehead atoms. The second-order valence-corrected chi connectivity index (χ2v) is 11.7. The predicted molar refractivity (Wildman–Crippen MR) is 165 cm³/mol. The van der Waals surface area contributed by atoms with E-state index in [1.165, 1.54) is 12.2 Å². The summed E-state index contributed by atoms with van der Waals surface area (Å²) >= 11 is 0. The molecule has 0 unspecified atom stereocenters. The van der Waals surface area contributed by atoms with Crippen LogP contribution in [0.15, 0.2) is 120 Å². The van der Waals surface area contributed by atoms with E-state index >= 15 is 0 Å². The first-order valence-corrected chi connectivity index (χ1v) is 14.9. The number of hydrogen-bond donors (Lipinski definition) is 0. The second kappa shape index (κ2) is 12.0. The fourth-order valence-electron chi connectivity index (χ4n) is 5.03. The number of hydrogen-bond acceptors (Lipinski definition) is 6. The Morgan fingerprint density at radius 1 is 0.463 bits per heavy atom. The van der Waals surface area contributed by atoms with Crippen LogP contribution in [0, 0.1) is 0 Å². The molecule has 9 heteroatoms. The molecule has 0 atom stereocenters. The molecule has 0 saturated carbocycles. The summed E-state index contributed by atoms with van der Waals surface area (Å²) in [5.41, 5.74) is 0.672. The molecule has 0 spiro atoms. The Morgan fingerprint density at radius 2 is 0.805 bits per heavy atom. The fourth-order valence-corrected chi connectivity index (χ4v) is 6.81. The van der Waals surface area contributed by atoms with Crippen LogP contribution in [0.25, 0.3) is 55.2 Å².